The van der Waals surface area contributed by atoms with E-state index in [1.54, 1.807) is 24.3 Å². The molecule has 0 saturated carbocycles. The zero-order valence-corrected chi connectivity index (χ0v) is 16.6. The van der Waals surface area contributed by atoms with Crippen LogP contribution in [0.15, 0.2) is 48.5 Å². The number of hydrogen-bond acceptors (Lipinski definition) is 6. The molecule has 2 heterocycles. The predicted molar refractivity (Wildman–Crippen MR) is 111 cm³/mol. The van der Waals surface area contributed by atoms with Crippen molar-refractivity contribution in [1.82, 2.24) is 9.97 Å². The summed E-state index contributed by atoms with van der Waals surface area (Å²) >= 11 is 1.46. The fraction of sp³-hybridized carbons (Fsp3) is 0.238. The maximum absolute atomic E-state index is 12.7. The van der Waals surface area contributed by atoms with Gasteiger partial charge in [0.25, 0.3) is 0 Å². The number of aromatic amines is 1. The van der Waals surface area contributed by atoms with Gasteiger partial charge >= 0.3 is 5.97 Å². The van der Waals surface area contributed by atoms with Gasteiger partial charge in [-0.3, -0.25) is 9.59 Å². The van der Waals surface area contributed by atoms with Crippen molar-refractivity contribution in [2.45, 2.75) is 18.1 Å². The third-order valence-electron chi connectivity index (χ3n) is 4.75. The van der Waals surface area contributed by atoms with Gasteiger partial charge in [0, 0.05) is 18.6 Å². The zero-order chi connectivity index (χ0) is 20.4. The van der Waals surface area contributed by atoms with E-state index < -0.39 is 11.2 Å². The number of imide groups is 1. The van der Waals surface area contributed by atoms with E-state index in [2.05, 4.69) is 14.7 Å². The third kappa shape index (κ3) is 3.88. The number of thioether (sulfide) groups is 1. The molecule has 1 aromatic heterocycles. The second-order valence-electron chi connectivity index (χ2n) is 6.62. The van der Waals surface area contributed by atoms with E-state index in [1.807, 2.05) is 24.3 Å². The molecule has 2 amide bonds. The number of imidazole rings is 1. The van der Waals surface area contributed by atoms with E-state index in [4.69, 9.17) is 0 Å². The van der Waals surface area contributed by atoms with Crippen molar-refractivity contribution in [1.29, 1.82) is 0 Å². The molecule has 7 nitrogen and oxygen atoms in total. The number of hydrogen-bond donors (Lipinski definition) is 1. The molecule has 2 aromatic carbocycles. The summed E-state index contributed by atoms with van der Waals surface area (Å²) in [5, 5.41) is -0.410. The minimum absolute atomic E-state index is 0.169. The largest absolute Gasteiger partial charge is 0.465 e. The summed E-state index contributed by atoms with van der Waals surface area (Å²) in [6.07, 6.45) is 0.855. The molecule has 148 valence electrons. The van der Waals surface area contributed by atoms with Gasteiger partial charge in [-0.15, -0.1) is 11.8 Å². The Morgan fingerprint density at radius 2 is 1.97 bits per heavy atom. The highest BCUT2D eigenvalue weighted by atomic mass is 32.2. The summed E-state index contributed by atoms with van der Waals surface area (Å²) < 4.78 is 4.66. The number of aromatic nitrogens is 2. The summed E-state index contributed by atoms with van der Waals surface area (Å²) in [5.41, 5.74) is 2.74. The molecule has 1 aliphatic rings. The number of amides is 2. The maximum atomic E-state index is 12.7. The number of carbonyl (C=O) groups excluding carboxylic acids is 3. The number of benzene rings is 2. The van der Waals surface area contributed by atoms with Gasteiger partial charge in [0.05, 0.1) is 34.6 Å². The van der Waals surface area contributed by atoms with Crippen molar-refractivity contribution in [3.63, 3.8) is 0 Å². The highest BCUT2D eigenvalue weighted by Crippen LogP contribution is 2.30. The smallest absolute Gasteiger partial charge is 0.337 e. The van der Waals surface area contributed by atoms with Crippen molar-refractivity contribution in [2.24, 2.45) is 0 Å². The Hall–Kier alpha value is -3.13. The number of fused-ring (bicyclic) bond motifs is 1. The number of nitrogens with zero attached hydrogens (tertiary/aromatic N) is 2. The molecule has 1 N–H and O–H groups in total. The van der Waals surface area contributed by atoms with E-state index >= 15 is 0 Å². The standard InChI is InChI=1S/C21H19N3O4S/c1-28-21(27)13-6-8-14(9-7-13)24-19(25)12-17(20(24)26)29-11-10-18-22-15-4-2-3-5-16(15)23-18/h2-9,17H,10-12H2,1H3,(H,22,23)/t17-/m0/s1. The zero-order valence-electron chi connectivity index (χ0n) is 15.8. The van der Waals surface area contributed by atoms with Gasteiger partial charge in [-0.2, -0.15) is 0 Å². The Kier molecular flexibility index (Phi) is 5.35. The Bertz CT molecular complexity index is 1040. The molecular formula is C21H19N3O4S. The maximum Gasteiger partial charge on any atom is 0.337 e. The van der Waals surface area contributed by atoms with Gasteiger partial charge in [0.2, 0.25) is 11.8 Å². The number of carbonyl (C=O) groups is 3. The van der Waals surface area contributed by atoms with Crippen molar-refractivity contribution in [2.75, 3.05) is 17.8 Å². The summed E-state index contributed by atoms with van der Waals surface area (Å²) in [4.78, 5) is 45.7. The van der Waals surface area contributed by atoms with Gasteiger partial charge in [-0.1, -0.05) is 12.1 Å². The molecule has 0 spiro atoms. The molecule has 8 heteroatoms. The Morgan fingerprint density at radius 1 is 1.21 bits per heavy atom. The van der Waals surface area contributed by atoms with Crippen LogP contribution >= 0.6 is 11.8 Å². The number of para-hydroxylation sites is 2. The number of esters is 1. The molecule has 4 rings (SSSR count). The summed E-state index contributed by atoms with van der Waals surface area (Å²) in [5.74, 6) is 0.622. The fourth-order valence-corrected chi connectivity index (χ4v) is 4.40. The van der Waals surface area contributed by atoms with Crippen LogP contribution in [0.5, 0.6) is 0 Å². The summed E-state index contributed by atoms with van der Waals surface area (Å²) in [6, 6.07) is 14.1. The number of methoxy groups -OCH3 is 1. The monoisotopic (exact) mass is 409 g/mol. The number of H-pyrrole nitrogens is 1. The van der Waals surface area contributed by atoms with Crippen LogP contribution < -0.4 is 4.90 Å². The van der Waals surface area contributed by atoms with Gasteiger partial charge in [-0.05, 0) is 36.4 Å². The molecule has 1 aliphatic heterocycles. The van der Waals surface area contributed by atoms with Crippen LogP contribution in [0.1, 0.15) is 22.6 Å². The lowest BCUT2D eigenvalue weighted by Gasteiger charge is -2.15. The number of anilines is 1. The first-order valence-corrected chi connectivity index (χ1v) is 10.2. The first-order chi connectivity index (χ1) is 14.1. The normalized spacial score (nSPS) is 16.6. The molecule has 0 radical (unpaired) electrons. The van der Waals surface area contributed by atoms with Crippen LogP contribution in [0, 0.1) is 0 Å². The van der Waals surface area contributed by atoms with Gasteiger partial charge in [0.1, 0.15) is 5.82 Å². The SMILES string of the molecule is COC(=O)c1ccc(N2C(=O)C[C@H](SCCc3nc4ccccc4[nH]3)C2=O)cc1. The lowest BCUT2D eigenvalue weighted by Crippen LogP contribution is -2.31. The lowest BCUT2D eigenvalue weighted by atomic mass is 10.2. The molecular weight excluding hydrogens is 390 g/mol. The van der Waals surface area contributed by atoms with Crippen LogP contribution in [-0.4, -0.2) is 45.9 Å². The van der Waals surface area contributed by atoms with E-state index in [0.717, 1.165) is 16.9 Å². The van der Waals surface area contributed by atoms with Crippen molar-refractivity contribution in [3.05, 3.63) is 59.9 Å². The van der Waals surface area contributed by atoms with E-state index in [1.165, 1.54) is 23.8 Å². The number of nitrogens with one attached hydrogen (secondary N) is 1. The molecule has 1 fully saturated rings. The molecule has 0 bridgehead atoms. The Labute approximate surface area is 171 Å². The number of ether oxygens (including phenoxy) is 1. The van der Waals surface area contributed by atoms with Crippen LogP contribution in [-0.2, 0) is 20.7 Å². The second-order valence-corrected chi connectivity index (χ2v) is 7.93. The van der Waals surface area contributed by atoms with Gasteiger partial charge < -0.3 is 9.72 Å². The summed E-state index contributed by atoms with van der Waals surface area (Å²) in [7, 11) is 1.30. The molecule has 0 aliphatic carbocycles. The highest BCUT2D eigenvalue weighted by molar-refractivity contribution is 8.00. The minimum Gasteiger partial charge on any atom is -0.465 e. The molecule has 1 atom stereocenters. The van der Waals surface area contributed by atoms with Crippen LogP contribution in [0.25, 0.3) is 11.0 Å². The lowest BCUT2D eigenvalue weighted by molar-refractivity contribution is -0.121. The van der Waals surface area contributed by atoms with Crippen molar-refractivity contribution in [3.8, 4) is 0 Å². The van der Waals surface area contributed by atoms with Gasteiger partial charge in [-0.25, -0.2) is 14.7 Å². The first-order valence-electron chi connectivity index (χ1n) is 9.17. The first kappa shape index (κ1) is 19.2. The van der Waals surface area contributed by atoms with E-state index in [-0.39, 0.29) is 18.2 Å². The third-order valence-corrected chi connectivity index (χ3v) is 5.96. The molecule has 0 unspecified atom stereocenters. The second kappa shape index (κ2) is 8.08. The van der Waals surface area contributed by atoms with E-state index in [0.29, 0.717) is 23.4 Å². The minimum atomic E-state index is -0.463. The van der Waals surface area contributed by atoms with Crippen LogP contribution in [0.2, 0.25) is 0 Å². The molecule has 29 heavy (non-hydrogen) atoms. The van der Waals surface area contributed by atoms with Crippen molar-refractivity contribution >= 4 is 46.3 Å². The van der Waals surface area contributed by atoms with Crippen molar-refractivity contribution < 1.29 is 19.1 Å². The molecule has 3 aromatic rings. The van der Waals surface area contributed by atoms with Gasteiger partial charge in [0.15, 0.2) is 0 Å². The number of rotatable bonds is 6. The van der Waals surface area contributed by atoms with Crippen LogP contribution in [0.3, 0.4) is 0 Å². The van der Waals surface area contributed by atoms with Crippen LogP contribution in [0.4, 0.5) is 5.69 Å². The number of aryl methyl sites for hydroxylation is 1. The average Bonchev–Trinajstić information content (AvgIpc) is 3.27. The fourth-order valence-electron chi connectivity index (χ4n) is 3.29. The summed E-state index contributed by atoms with van der Waals surface area (Å²) in [6.45, 7) is 0. The predicted octanol–water partition coefficient (Wildman–Crippen LogP) is 2.96. The Balaban J connectivity index is 1.38. The quantitative estimate of drug-likeness (QED) is 0.497. The Morgan fingerprint density at radius 3 is 2.69 bits per heavy atom. The average molecular weight is 409 g/mol. The molecule has 1 saturated heterocycles. The topological polar surface area (TPSA) is 92.4 Å². The highest BCUT2D eigenvalue weighted by Gasteiger charge is 2.39. The van der Waals surface area contributed by atoms with E-state index in [9.17, 15) is 14.4 Å².